The van der Waals surface area contributed by atoms with Crippen molar-refractivity contribution < 1.29 is 27.8 Å². The molecule has 0 aliphatic carbocycles. The van der Waals surface area contributed by atoms with E-state index >= 15 is 0 Å². The lowest BCUT2D eigenvalue weighted by atomic mass is 10.4. The van der Waals surface area contributed by atoms with E-state index in [1.54, 1.807) is 0 Å². The first-order chi connectivity index (χ1) is 8.90. The van der Waals surface area contributed by atoms with Gasteiger partial charge < -0.3 is 14.6 Å². The second kappa shape index (κ2) is 6.96. The Bertz CT molecular complexity index is 524. The zero-order chi connectivity index (χ0) is 14.5. The van der Waals surface area contributed by atoms with E-state index in [-0.39, 0.29) is 22.9 Å². The normalized spacial score (nSPS) is 13.4. The predicted molar refractivity (Wildman–Crippen MR) is 69.1 cm³/mol. The standard InChI is InChI=1S/C10H15NO6S2/c1-16-5-7(17-2)4-11-19(14,15)8-3-9(10(12)13)18-6-8/h3,6-7,11H,4-5H2,1-2H3,(H,12,13). The van der Waals surface area contributed by atoms with Crippen molar-refractivity contribution in [3.63, 3.8) is 0 Å². The summed E-state index contributed by atoms with van der Waals surface area (Å²) in [7, 11) is -0.801. The van der Waals surface area contributed by atoms with Crippen LogP contribution in [0.2, 0.25) is 0 Å². The monoisotopic (exact) mass is 309 g/mol. The molecule has 1 rings (SSSR count). The van der Waals surface area contributed by atoms with Crippen molar-refractivity contribution in [2.75, 3.05) is 27.4 Å². The van der Waals surface area contributed by atoms with Crippen molar-refractivity contribution in [1.82, 2.24) is 4.72 Å². The molecule has 0 radical (unpaired) electrons. The van der Waals surface area contributed by atoms with Crippen LogP contribution in [-0.4, -0.2) is 53.0 Å². The molecule has 1 atom stereocenters. The lowest BCUT2D eigenvalue weighted by Crippen LogP contribution is -2.35. The van der Waals surface area contributed by atoms with Gasteiger partial charge in [-0.25, -0.2) is 17.9 Å². The van der Waals surface area contributed by atoms with Gasteiger partial charge in [-0.15, -0.1) is 11.3 Å². The number of rotatable bonds is 8. The largest absolute Gasteiger partial charge is 0.477 e. The average molecular weight is 309 g/mol. The van der Waals surface area contributed by atoms with Crippen LogP contribution < -0.4 is 4.72 Å². The Morgan fingerprint density at radius 1 is 1.53 bits per heavy atom. The van der Waals surface area contributed by atoms with Gasteiger partial charge in [0.25, 0.3) is 0 Å². The highest BCUT2D eigenvalue weighted by atomic mass is 32.2. The minimum Gasteiger partial charge on any atom is -0.477 e. The second-order valence-electron chi connectivity index (χ2n) is 3.62. The number of carboxylic acids is 1. The molecule has 1 aromatic rings. The smallest absolute Gasteiger partial charge is 0.345 e. The Kier molecular flexibility index (Phi) is 5.88. The molecule has 0 saturated heterocycles. The SMILES string of the molecule is COCC(CNS(=O)(=O)c1csc(C(=O)O)c1)OC. The minimum absolute atomic E-state index is 0.0273. The van der Waals surface area contributed by atoms with Crippen LogP contribution in [0, 0.1) is 0 Å². The number of hydrogen-bond donors (Lipinski definition) is 2. The zero-order valence-electron chi connectivity index (χ0n) is 10.5. The van der Waals surface area contributed by atoms with Crippen LogP contribution in [0.4, 0.5) is 0 Å². The highest BCUT2D eigenvalue weighted by Gasteiger charge is 2.20. The second-order valence-corrected chi connectivity index (χ2v) is 6.29. The van der Waals surface area contributed by atoms with Gasteiger partial charge in [0.1, 0.15) is 4.88 Å². The lowest BCUT2D eigenvalue weighted by molar-refractivity contribution is 0.0320. The highest BCUT2D eigenvalue weighted by molar-refractivity contribution is 7.89. The van der Waals surface area contributed by atoms with Crippen LogP contribution >= 0.6 is 11.3 Å². The van der Waals surface area contributed by atoms with Gasteiger partial charge in [0.2, 0.25) is 10.0 Å². The van der Waals surface area contributed by atoms with Gasteiger partial charge in [0.15, 0.2) is 0 Å². The van der Waals surface area contributed by atoms with Crippen LogP contribution in [0.5, 0.6) is 0 Å². The number of methoxy groups -OCH3 is 2. The van der Waals surface area contributed by atoms with Gasteiger partial charge in [0.05, 0.1) is 17.6 Å². The minimum atomic E-state index is -3.73. The third-order valence-electron chi connectivity index (χ3n) is 2.28. The number of nitrogens with one attached hydrogen (secondary N) is 1. The van der Waals surface area contributed by atoms with Crippen LogP contribution in [-0.2, 0) is 19.5 Å². The molecule has 7 nitrogen and oxygen atoms in total. The molecule has 0 bridgehead atoms. The molecule has 1 aromatic heterocycles. The van der Waals surface area contributed by atoms with Gasteiger partial charge in [-0.3, -0.25) is 0 Å². The van der Waals surface area contributed by atoms with Crippen LogP contribution in [0.15, 0.2) is 16.3 Å². The fourth-order valence-corrected chi connectivity index (χ4v) is 3.43. The molecule has 0 fully saturated rings. The number of ether oxygens (including phenoxy) is 2. The van der Waals surface area contributed by atoms with Crippen molar-refractivity contribution in [2.24, 2.45) is 0 Å². The number of thiophene rings is 1. The van der Waals surface area contributed by atoms with Crippen molar-refractivity contribution in [1.29, 1.82) is 0 Å². The van der Waals surface area contributed by atoms with E-state index in [1.807, 2.05) is 0 Å². The lowest BCUT2D eigenvalue weighted by Gasteiger charge is -2.14. The molecule has 9 heteroatoms. The van der Waals surface area contributed by atoms with Gasteiger partial charge in [-0.1, -0.05) is 0 Å². The Hall–Kier alpha value is -1.00. The number of carboxylic acid groups (broad SMARTS) is 1. The van der Waals surface area contributed by atoms with Gasteiger partial charge in [-0.2, -0.15) is 0 Å². The average Bonchev–Trinajstić information content (AvgIpc) is 2.85. The molecule has 2 N–H and O–H groups in total. The topological polar surface area (TPSA) is 102 Å². The molecule has 19 heavy (non-hydrogen) atoms. The molecular weight excluding hydrogens is 294 g/mol. The number of aromatic carboxylic acids is 1. The Morgan fingerprint density at radius 2 is 2.21 bits per heavy atom. The van der Waals surface area contributed by atoms with E-state index in [0.29, 0.717) is 0 Å². The quantitative estimate of drug-likeness (QED) is 0.720. The fourth-order valence-electron chi connectivity index (χ4n) is 1.25. The molecule has 0 spiro atoms. The number of hydrogen-bond acceptors (Lipinski definition) is 6. The highest BCUT2D eigenvalue weighted by Crippen LogP contribution is 2.19. The molecule has 0 aliphatic heterocycles. The van der Waals surface area contributed by atoms with Gasteiger partial charge >= 0.3 is 5.97 Å². The van der Waals surface area contributed by atoms with E-state index < -0.39 is 22.1 Å². The zero-order valence-corrected chi connectivity index (χ0v) is 12.1. The summed E-state index contributed by atoms with van der Waals surface area (Å²) in [6.45, 7) is 0.300. The first-order valence-electron chi connectivity index (χ1n) is 5.24. The van der Waals surface area contributed by atoms with Crippen molar-refractivity contribution in [2.45, 2.75) is 11.0 Å². The van der Waals surface area contributed by atoms with Crippen LogP contribution in [0.1, 0.15) is 9.67 Å². The summed E-state index contributed by atoms with van der Waals surface area (Å²) in [5, 5.41) is 10.0. The third-order valence-corrected chi connectivity index (χ3v) is 4.75. The first-order valence-corrected chi connectivity index (χ1v) is 7.60. The summed E-state index contributed by atoms with van der Waals surface area (Å²) in [6.07, 6.45) is -0.405. The summed E-state index contributed by atoms with van der Waals surface area (Å²) >= 11 is 0.860. The Labute approximate surface area is 115 Å². The molecule has 0 aromatic carbocycles. The Morgan fingerprint density at radius 3 is 2.68 bits per heavy atom. The number of sulfonamides is 1. The summed E-state index contributed by atoms with van der Waals surface area (Å²) in [5.74, 6) is -1.15. The number of carbonyl (C=O) groups is 1. The molecule has 0 amide bonds. The summed E-state index contributed by atoms with van der Waals surface area (Å²) < 4.78 is 36.0. The molecule has 1 heterocycles. The van der Waals surface area contributed by atoms with E-state index in [4.69, 9.17) is 14.6 Å². The summed E-state index contributed by atoms with van der Waals surface area (Å²) in [5.41, 5.74) is 0. The molecule has 108 valence electrons. The summed E-state index contributed by atoms with van der Waals surface area (Å²) in [6, 6.07) is 1.12. The fraction of sp³-hybridized carbons (Fsp3) is 0.500. The maximum Gasteiger partial charge on any atom is 0.345 e. The van der Waals surface area contributed by atoms with Crippen molar-refractivity contribution >= 4 is 27.3 Å². The maximum atomic E-state index is 11.9. The molecule has 1 unspecified atom stereocenters. The molecular formula is C10H15NO6S2. The molecule has 0 saturated carbocycles. The Balaban J connectivity index is 2.72. The van der Waals surface area contributed by atoms with E-state index in [2.05, 4.69) is 4.72 Å². The molecule has 0 aliphatic rings. The van der Waals surface area contributed by atoms with Gasteiger partial charge in [0, 0.05) is 26.1 Å². The first kappa shape index (κ1) is 16.1. The van der Waals surface area contributed by atoms with Gasteiger partial charge in [-0.05, 0) is 6.07 Å². The van der Waals surface area contributed by atoms with Crippen LogP contribution in [0.25, 0.3) is 0 Å². The predicted octanol–water partition coefficient (Wildman–Crippen LogP) is 0.386. The van der Waals surface area contributed by atoms with E-state index in [9.17, 15) is 13.2 Å². The van der Waals surface area contributed by atoms with Crippen molar-refractivity contribution in [3.8, 4) is 0 Å². The third kappa shape index (κ3) is 4.55. The van der Waals surface area contributed by atoms with Crippen molar-refractivity contribution in [3.05, 3.63) is 16.3 Å². The summed E-state index contributed by atoms with van der Waals surface area (Å²) in [4.78, 5) is 10.6. The van der Waals surface area contributed by atoms with E-state index in [0.717, 1.165) is 17.4 Å². The van der Waals surface area contributed by atoms with Crippen LogP contribution in [0.3, 0.4) is 0 Å². The van der Waals surface area contributed by atoms with E-state index in [1.165, 1.54) is 19.6 Å². The maximum absolute atomic E-state index is 11.9.